The Labute approximate surface area is 244 Å². The van der Waals surface area contributed by atoms with E-state index in [1.807, 2.05) is 140 Å². The van der Waals surface area contributed by atoms with Crippen molar-refractivity contribution < 1.29 is 9.59 Å². The van der Waals surface area contributed by atoms with Crippen molar-refractivity contribution in [3.8, 4) is 17.1 Å². The normalized spacial score (nSPS) is 11.5. The number of carbonyl (C=O) groups excluding carboxylic acids is 2. The number of benzene rings is 5. The summed E-state index contributed by atoms with van der Waals surface area (Å²) in [5, 5.41) is 8.94. The monoisotopic (exact) mass is 548 g/mol. The van der Waals surface area contributed by atoms with Gasteiger partial charge < -0.3 is 0 Å². The highest BCUT2D eigenvalue weighted by molar-refractivity contribution is 6.12. The third-order valence-electron chi connectivity index (χ3n) is 7.11. The van der Waals surface area contributed by atoms with E-state index in [4.69, 9.17) is 0 Å². The molecule has 0 aliphatic heterocycles. The van der Waals surface area contributed by atoms with E-state index in [0.717, 1.165) is 16.8 Å². The van der Waals surface area contributed by atoms with Gasteiger partial charge in [0.1, 0.15) is 6.04 Å². The SMILES string of the molecule is Cc1ccc(N(C(=O)c2nnc(-c3ccccc3)n2-c2ccccc2)C(C(=O)c2ccccc2)c2ccccc2)cc1. The topological polar surface area (TPSA) is 68.1 Å². The van der Waals surface area contributed by atoms with Crippen molar-refractivity contribution in [2.45, 2.75) is 13.0 Å². The molecule has 1 heterocycles. The highest BCUT2D eigenvalue weighted by atomic mass is 16.2. The van der Waals surface area contributed by atoms with Crippen LogP contribution in [0.1, 0.15) is 38.1 Å². The van der Waals surface area contributed by atoms with Crippen molar-refractivity contribution in [2.75, 3.05) is 4.90 Å². The molecule has 6 heteroatoms. The van der Waals surface area contributed by atoms with Gasteiger partial charge in [0.25, 0.3) is 5.91 Å². The minimum atomic E-state index is -0.954. The van der Waals surface area contributed by atoms with E-state index in [9.17, 15) is 9.59 Å². The average molecular weight is 549 g/mol. The van der Waals surface area contributed by atoms with Gasteiger partial charge in [0, 0.05) is 22.5 Å². The average Bonchev–Trinajstić information content (AvgIpc) is 3.51. The highest BCUT2D eigenvalue weighted by Gasteiger charge is 2.36. The number of Topliss-reactive ketones (excluding diaryl/α,β-unsaturated/α-hetero) is 1. The van der Waals surface area contributed by atoms with Gasteiger partial charge in [-0.2, -0.15) is 0 Å². The summed E-state index contributed by atoms with van der Waals surface area (Å²) >= 11 is 0. The lowest BCUT2D eigenvalue weighted by Crippen LogP contribution is -2.40. The minimum Gasteiger partial charge on any atom is -0.291 e. The van der Waals surface area contributed by atoms with Crippen molar-refractivity contribution in [3.63, 3.8) is 0 Å². The molecule has 0 saturated heterocycles. The van der Waals surface area contributed by atoms with Gasteiger partial charge in [0.2, 0.25) is 5.82 Å². The second-order valence-corrected chi connectivity index (χ2v) is 9.94. The summed E-state index contributed by atoms with van der Waals surface area (Å²) in [6, 6.07) is 44.3. The molecule has 6 aromatic rings. The molecule has 1 atom stereocenters. The highest BCUT2D eigenvalue weighted by Crippen LogP contribution is 2.33. The Kier molecular flexibility index (Phi) is 7.51. The summed E-state index contributed by atoms with van der Waals surface area (Å²) in [7, 11) is 0. The van der Waals surface area contributed by atoms with E-state index in [0.29, 0.717) is 22.6 Å². The summed E-state index contributed by atoms with van der Waals surface area (Å²) in [6.07, 6.45) is 0. The van der Waals surface area contributed by atoms with Gasteiger partial charge in [-0.3, -0.25) is 19.1 Å². The van der Waals surface area contributed by atoms with Crippen LogP contribution in [-0.4, -0.2) is 26.5 Å². The zero-order chi connectivity index (χ0) is 28.9. The van der Waals surface area contributed by atoms with Crippen LogP contribution in [0.15, 0.2) is 146 Å². The Balaban J connectivity index is 1.58. The molecule has 0 fully saturated rings. The summed E-state index contributed by atoms with van der Waals surface area (Å²) in [6.45, 7) is 1.98. The first kappa shape index (κ1) is 26.6. The second kappa shape index (κ2) is 11.9. The third-order valence-corrected chi connectivity index (χ3v) is 7.11. The Hall–Kier alpha value is -5.62. The number of hydrogen-bond donors (Lipinski definition) is 0. The molecule has 5 aromatic carbocycles. The molecule has 1 aromatic heterocycles. The summed E-state index contributed by atoms with van der Waals surface area (Å²) < 4.78 is 1.76. The van der Waals surface area contributed by atoms with Gasteiger partial charge >= 0.3 is 0 Å². The summed E-state index contributed by atoms with van der Waals surface area (Å²) in [5.41, 5.74) is 4.36. The van der Waals surface area contributed by atoms with Crippen LogP contribution < -0.4 is 4.90 Å². The first-order valence-corrected chi connectivity index (χ1v) is 13.7. The van der Waals surface area contributed by atoms with Crippen LogP contribution in [-0.2, 0) is 0 Å². The fourth-order valence-electron chi connectivity index (χ4n) is 5.03. The molecule has 42 heavy (non-hydrogen) atoms. The maximum Gasteiger partial charge on any atom is 0.297 e. The van der Waals surface area contributed by atoms with Crippen molar-refractivity contribution in [1.82, 2.24) is 14.8 Å². The van der Waals surface area contributed by atoms with Crippen LogP contribution in [0.5, 0.6) is 0 Å². The Bertz CT molecular complexity index is 1800. The van der Waals surface area contributed by atoms with E-state index in [2.05, 4.69) is 10.2 Å². The van der Waals surface area contributed by atoms with E-state index in [-0.39, 0.29) is 11.6 Å². The lowest BCUT2D eigenvalue weighted by atomic mass is 9.95. The van der Waals surface area contributed by atoms with Crippen molar-refractivity contribution >= 4 is 17.4 Å². The molecule has 0 aliphatic rings. The second-order valence-electron chi connectivity index (χ2n) is 9.94. The standard InChI is InChI=1S/C36H28N4O2/c1-26-22-24-31(25-23-26)39(32(27-14-6-2-7-15-27)33(41)28-16-8-3-9-17-28)36(42)35-38-37-34(29-18-10-4-11-19-29)40(35)30-20-12-5-13-21-30/h2-25,32H,1H3. The summed E-state index contributed by atoms with van der Waals surface area (Å²) in [5.74, 6) is -0.0256. The largest absolute Gasteiger partial charge is 0.297 e. The lowest BCUT2D eigenvalue weighted by Gasteiger charge is -2.31. The van der Waals surface area contributed by atoms with Crippen LogP contribution in [0.4, 0.5) is 5.69 Å². The van der Waals surface area contributed by atoms with Crippen LogP contribution in [0.25, 0.3) is 17.1 Å². The van der Waals surface area contributed by atoms with Gasteiger partial charge in [-0.1, -0.05) is 127 Å². The Morgan fingerprint density at radius 2 is 1.19 bits per heavy atom. The Morgan fingerprint density at radius 1 is 0.643 bits per heavy atom. The number of nitrogens with zero attached hydrogens (tertiary/aromatic N) is 4. The number of amides is 1. The molecule has 0 saturated carbocycles. The first-order chi connectivity index (χ1) is 20.6. The van der Waals surface area contributed by atoms with Crippen LogP contribution in [0.3, 0.4) is 0 Å². The van der Waals surface area contributed by atoms with Crippen LogP contribution in [0.2, 0.25) is 0 Å². The molecule has 1 amide bonds. The molecule has 6 nitrogen and oxygen atoms in total. The van der Waals surface area contributed by atoms with E-state index < -0.39 is 11.9 Å². The predicted molar refractivity (Wildman–Crippen MR) is 165 cm³/mol. The molecule has 0 radical (unpaired) electrons. The maximum absolute atomic E-state index is 14.9. The molecule has 6 rings (SSSR count). The van der Waals surface area contributed by atoms with Crippen molar-refractivity contribution in [1.29, 1.82) is 0 Å². The maximum atomic E-state index is 14.9. The number of anilines is 1. The number of aromatic nitrogens is 3. The molecule has 204 valence electrons. The summed E-state index contributed by atoms with van der Waals surface area (Å²) in [4.78, 5) is 30.7. The third kappa shape index (κ3) is 5.25. The van der Waals surface area contributed by atoms with E-state index in [1.54, 1.807) is 21.6 Å². The van der Waals surface area contributed by atoms with E-state index in [1.165, 1.54) is 0 Å². The fourth-order valence-corrected chi connectivity index (χ4v) is 5.03. The smallest absolute Gasteiger partial charge is 0.291 e. The molecular weight excluding hydrogens is 520 g/mol. The molecule has 1 unspecified atom stereocenters. The van der Waals surface area contributed by atoms with Gasteiger partial charge in [-0.05, 0) is 36.8 Å². The van der Waals surface area contributed by atoms with Gasteiger partial charge in [-0.25, -0.2) is 0 Å². The van der Waals surface area contributed by atoms with Gasteiger partial charge in [-0.15, -0.1) is 10.2 Å². The van der Waals surface area contributed by atoms with Crippen LogP contribution in [0, 0.1) is 6.92 Å². The van der Waals surface area contributed by atoms with Gasteiger partial charge in [0.15, 0.2) is 11.6 Å². The molecular formula is C36H28N4O2. The molecule has 0 aliphatic carbocycles. The molecule has 0 spiro atoms. The Morgan fingerprint density at radius 3 is 1.81 bits per heavy atom. The number of ketones is 1. The quantitative estimate of drug-likeness (QED) is 0.185. The number of carbonyl (C=O) groups is 2. The van der Waals surface area contributed by atoms with Crippen molar-refractivity contribution in [2.24, 2.45) is 0 Å². The lowest BCUT2D eigenvalue weighted by molar-refractivity contribution is 0.0890. The number of para-hydroxylation sites is 1. The zero-order valence-corrected chi connectivity index (χ0v) is 23.0. The van der Waals surface area contributed by atoms with E-state index >= 15 is 0 Å². The molecule has 0 N–H and O–H groups in total. The van der Waals surface area contributed by atoms with Crippen LogP contribution >= 0.6 is 0 Å². The number of hydrogen-bond acceptors (Lipinski definition) is 4. The zero-order valence-electron chi connectivity index (χ0n) is 23.0. The first-order valence-electron chi connectivity index (χ1n) is 13.7. The van der Waals surface area contributed by atoms with Gasteiger partial charge in [0.05, 0.1) is 0 Å². The number of rotatable bonds is 8. The van der Waals surface area contributed by atoms with Crippen molar-refractivity contribution in [3.05, 3.63) is 168 Å². The molecule has 0 bridgehead atoms. The minimum absolute atomic E-state index is 0.0995. The fraction of sp³-hybridized carbons (Fsp3) is 0.0556. The number of aryl methyl sites for hydroxylation is 1. The predicted octanol–water partition coefficient (Wildman–Crippen LogP) is 7.51.